The highest BCUT2D eigenvalue weighted by Crippen LogP contribution is 2.32. The first kappa shape index (κ1) is 18.7. The maximum Gasteiger partial charge on any atom is 0.156 e. The molecule has 154 valence electrons. The predicted octanol–water partition coefficient (Wildman–Crippen LogP) is 4.45. The quantitative estimate of drug-likeness (QED) is 0.547. The molecule has 6 nitrogen and oxygen atoms in total. The molecule has 2 aromatic carbocycles. The van der Waals surface area contributed by atoms with Crippen molar-refractivity contribution in [2.24, 2.45) is 0 Å². The van der Waals surface area contributed by atoms with Gasteiger partial charge in [0.15, 0.2) is 5.82 Å². The van der Waals surface area contributed by atoms with Crippen LogP contribution in [0, 0.1) is 13.8 Å². The van der Waals surface area contributed by atoms with Gasteiger partial charge in [0.25, 0.3) is 0 Å². The van der Waals surface area contributed by atoms with Gasteiger partial charge >= 0.3 is 0 Å². The van der Waals surface area contributed by atoms with Crippen LogP contribution in [-0.4, -0.2) is 47.7 Å². The number of piperazine rings is 1. The van der Waals surface area contributed by atoms with Gasteiger partial charge in [-0.1, -0.05) is 12.1 Å². The minimum Gasteiger partial charge on any atom is -0.494 e. The van der Waals surface area contributed by atoms with Gasteiger partial charge in [0.05, 0.1) is 6.61 Å². The summed E-state index contributed by atoms with van der Waals surface area (Å²) in [4.78, 5) is 17.6. The Bertz CT molecular complexity index is 1210. The highest BCUT2D eigenvalue weighted by Gasteiger charge is 2.22. The molecule has 0 unspecified atom stereocenters. The van der Waals surface area contributed by atoms with E-state index in [0.717, 1.165) is 59.7 Å². The van der Waals surface area contributed by atoms with Gasteiger partial charge in [-0.25, -0.2) is 9.97 Å². The molecule has 0 radical (unpaired) electrons. The molecular formula is C24H27N5O. The van der Waals surface area contributed by atoms with Crippen LogP contribution in [0.4, 0.5) is 11.5 Å². The number of ether oxygens (including phenoxy) is 1. The zero-order chi connectivity index (χ0) is 20.7. The van der Waals surface area contributed by atoms with E-state index in [2.05, 4.69) is 68.9 Å². The lowest BCUT2D eigenvalue weighted by atomic mass is 10.1. The van der Waals surface area contributed by atoms with Crippen molar-refractivity contribution in [1.29, 1.82) is 0 Å². The Balaban J connectivity index is 1.44. The van der Waals surface area contributed by atoms with Gasteiger partial charge in [-0.15, -0.1) is 0 Å². The predicted molar refractivity (Wildman–Crippen MR) is 123 cm³/mol. The molecule has 1 saturated heterocycles. The van der Waals surface area contributed by atoms with Gasteiger partial charge < -0.3 is 19.5 Å². The topological polar surface area (TPSA) is 57.3 Å². The summed E-state index contributed by atoms with van der Waals surface area (Å²) < 4.78 is 5.68. The highest BCUT2D eigenvalue weighted by atomic mass is 16.5. The SMILES string of the molecule is CCOc1ccc2[nH]c3c(N4CCN(c5cc(C)ccc5C)CC4)ncnc3c2c1. The Hall–Kier alpha value is -3.28. The number of rotatable bonds is 4. The van der Waals surface area contributed by atoms with Crippen molar-refractivity contribution in [2.75, 3.05) is 42.6 Å². The average molecular weight is 402 g/mol. The first-order valence-electron chi connectivity index (χ1n) is 10.6. The van der Waals surface area contributed by atoms with Crippen molar-refractivity contribution in [3.05, 3.63) is 53.9 Å². The number of fused-ring (bicyclic) bond motifs is 3. The van der Waals surface area contributed by atoms with E-state index in [1.54, 1.807) is 6.33 Å². The maximum absolute atomic E-state index is 5.68. The Kier molecular flexibility index (Phi) is 4.69. The first-order valence-corrected chi connectivity index (χ1v) is 10.6. The molecule has 3 heterocycles. The van der Waals surface area contributed by atoms with Crippen LogP contribution in [0.25, 0.3) is 21.9 Å². The maximum atomic E-state index is 5.68. The number of nitrogens with zero attached hydrogens (tertiary/aromatic N) is 4. The molecule has 2 aromatic heterocycles. The van der Waals surface area contributed by atoms with Crippen molar-refractivity contribution in [1.82, 2.24) is 15.0 Å². The average Bonchev–Trinajstić information content (AvgIpc) is 3.14. The van der Waals surface area contributed by atoms with E-state index in [1.807, 2.05) is 13.0 Å². The lowest BCUT2D eigenvalue weighted by Crippen LogP contribution is -2.47. The molecule has 0 bridgehead atoms. The zero-order valence-electron chi connectivity index (χ0n) is 17.8. The second-order valence-electron chi connectivity index (χ2n) is 7.95. The van der Waals surface area contributed by atoms with Crippen LogP contribution in [0.2, 0.25) is 0 Å². The fourth-order valence-electron chi connectivity index (χ4n) is 4.37. The summed E-state index contributed by atoms with van der Waals surface area (Å²) in [5, 5.41) is 1.08. The summed E-state index contributed by atoms with van der Waals surface area (Å²) >= 11 is 0. The van der Waals surface area contributed by atoms with Crippen LogP contribution in [0.1, 0.15) is 18.1 Å². The summed E-state index contributed by atoms with van der Waals surface area (Å²) in [6.45, 7) is 10.8. The van der Waals surface area contributed by atoms with Crippen molar-refractivity contribution in [3.8, 4) is 5.75 Å². The van der Waals surface area contributed by atoms with Gasteiger partial charge in [-0.05, 0) is 56.2 Å². The van der Waals surface area contributed by atoms with Crippen molar-refractivity contribution < 1.29 is 4.74 Å². The van der Waals surface area contributed by atoms with Gasteiger partial charge in [0.1, 0.15) is 23.1 Å². The largest absolute Gasteiger partial charge is 0.494 e. The smallest absolute Gasteiger partial charge is 0.156 e. The van der Waals surface area contributed by atoms with Crippen molar-refractivity contribution in [3.63, 3.8) is 0 Å². The summed E-state index contributed by atoms with van der Waals surface area (Å²) in [5.41, 5.74) is 7.00. The summed E-state index contributed by atoms with van der Waals surface area (Å²) in [6, 6.07) is 12.8. The number of benzene rings is 2. The fourth-order valence-corrected chi connectivity index (χ4v) is 4.37. The third-order valence-electron chi connectivity index (χ3n) is 5.93. The monoisotopic (exact) mass is 401 g/mol. The summed E-state index contributed by atoms with van der Waals surface area (Å²) in [7, 11) is 0. The Labute approximate surface area is 176 Å². The van der Waals surface area contributed by atoms with Gasteiger partial charge in [-0.3, -0.25) is 0 Å². The Morgan fingerprint density at radius 1 is 0.967 bits per heavy atom. The molecule has 0 atom stereocenters. The van der Waals surface area contributed by atoms with E-state index >= 15 is 0 Å². The standard InChI is InChI=1S/C24H27N5O/c1-4-30-18-7-8-20-19(14-18)22-23(27-20)24(26-15-25-22)29-11-9-28(10-12-29)21-13-16(2)5-6-17(21)3/h5-8,13-15,27H,4,9-12H2,1-3H3. The Morgan fingerprint density at radius 3 is 2.57 bits per heavy atom. The van der Waals surface area contributed by atoms with Crippen LogP contribution in [0.5, 0.6) is 5.75 Å². The third-order valence-corrected chi connectivity index (χ3v) is 5.93. The number of hydrogen-bond acceptors (Lipinski definition) is 5. The van der Waals surface area contributed by atoms with E-state index < -0.39 is 0 Å². The van der Waals surface area contributed by atoms with Crippen LogP contribution < -0.4 is 14.5 Å². The number of nitrogens with one attached hydrogen (secondary N) is 1. The lowest BCUT2D eigenvalue weighted by molar-refractivity contribution is 0.341. The van der Waals surface area contributed by atoms with Gasteiger partial charge in [-0.2, -0.15) is 0 Å². The fraction of sp³-hybridized carbons (Fsp3) is 0.333. The minimum absolute atomic E-state index is 0.652. The number of hydrogen-bond donors (Lipinski definition) is 1. The number of anilines is 2. The third kappa shape index (κ3) is 3.22. The molecule has 30 heavy (non-hydrogen) atoms. The summed E-state index contributed by atoms with van der Waals surface area (Å²) in [6.07, 6.45) is 1.68. The first-order chi connectivity index (χ1) is 14.6. The van der Waals surface area contributed by atoms with Gasteiger partial charge in [0, 0.05) is 42.8 Å². The normalized spacial score (nSPS) is 14.6. The second kappa shape index (κ2) is 7.52. The zero-order valence-corrected chi connectivity index (χ0v) is 17.8. The van der Waals surface area contributed by atoms with E-state index in [0.29, 0.717) is 6.61 Å². The molecule has 1 N–H and O–H groups in total. The molecule has 1 fully saturated rings. The molecule has 1 aliphatic rings. The van der Waals surface area contributed by atoms with Crippen LogP contribution in [0.15, 0.2) is 42.7 Å². The summed E-state index contributed by atoms with van der Waals surface area (Å²) in [5.74, 6) is 1.85. The minimum atomic E-state index is 0.652. The molecule has 5 rings (SSSR count). The highest BCUT2D eigenvalue weighted by molar-refractivity contribution is 6.08. The van der Waals surface area contributed by atoms with E-state index in [4.69, 9.17) is 4.74 Å². The molecule has 0 saturated carbocycles. The molecule has 1 aliphatic heterocycles. The van der Waals surface area contributed by atoms with Crippen molar-refractivity contribution >= 4 is 33.4 Å². The number of aromatic amines is 1. The van der Waals surface area contributed by atoms with E-state index in [1.165, 1.54) is 16.8 Å². The van der Waals surface area contributed by atoms with Crippen LogP contribution >= 0.6 is 0 Å². The van der Waals surface area contributed by atoms with Gasteiger partial charge in [0.2, 0.25) is 0 Å². The van der Waals surface area contributed by atoms with E-state index in [9.17, 15) is 0 Å². The van der Waals surface area contributed by atoms with Crippen LogP contribution in [0.3, 0.4) is 0 Å². The molecule has 6 heteroatoms. The number of aromatic nitrogens is 3. The molecular weight excluding hydrogens is 374 g/mol. The lowest BCUT2D eigenvalue weighted by Gasteiger charge is -2.37. The van der Waals surface area contributed by atoms with Crippen molar-refractivity contribution in [2.45, 2.75) is 20.8 Å². The second-order valence-corrected chi connectivity index (χ2v) is 7.95. The number of H-pyrrole nitrogens is 1. The molecule has 0 aliphatic carbocycles. The molecule has 0 amide bonds. The molecule has 4 aromatic rings. The number of aryl methyl sites for hydroxylation is 2. The molecule has 0 spiro atoms. The van der Waals surface area contributed by atoms with E-state index in [-0.39, 0.29) is 0 Å². The Morgan fingerprint density at radius 2 is 1.77 bits per heavy atom. The van der Waals surface area contributed by atoms with Crippen LogP contribution in [-0.2, 0) is 0 Å².